The molecule has 1 saturated carbocycles. The average Bonchev–Trinajstić information content (AvgIpc) is 3.21. The molecule has 0 unspecified atom stereocenters. The Morgan fingerprint density at radius 1 is 1.14 bits per heavy atom. The zero-order valence-electron chi connectivity index (χ0n) is 17.0. The minimum absolute atomic E-state index is 0.136. The number of hydrogen-bond donors (Lipinski definition) is 1. The van der Waals surface area contributed by atoms with Crippen molar-refractivity contribution in [1.82, 2.24) is 25.1 Å². The van der Waals surface area contributed by atoms with Crippen LogP contribution in [0.3, 0.4) is 0 Å². The second kappa shape index (κ2) is 6.51. The molecular weight excluding hydrogens is 362 g/mol. The van der Waals surface area contributed by atoms with Gasteiger partial charge in [-0.15, -0.1) is 0 Å². The second-order valence-electron chi connectivity index (χ2n) is 9.15. The van der Waals surface area contributed by atoms with Crippen molar-refractivity contribution < 1.29 is 4.79 Å². The molecule has 5 rings (SSSR count). The van der Waals surface area contributed by atoms with Crippen molar-refractivity contribution in [2.24, 2.45) is 11.3 Å². The van der Waals surface area contributed by atoms with Gasteiger partial charge in [-0.3, -0.25) is 9.78 Å². The van der Waals surface area contributed by atoms with Crippen molar-refractivity contribution in [3.63, 3.8) is 0 Å². The minimum Gasteiger partial charge on any atom is -0.342 e. The van der Waals surface area contributed by atoms with E-state index in [1.807, 2.05) is 41.1 Å². The maximum atomic E-state index is 13.4. The normalized spacial score (nSPS) is 20.7. The lowest BCUT2D eigenvalue weighted by Gasteiger charge is -2.30. The molecule has 6 heteroatoms. The summed E-state index contributed by atoms with van der Waals surface area (Å²) >= 11 is 0. The summed E-state index contributed by atoms with van der Waals surface area (Å²) in [6.07, 6.45) is 5.64. The summed E-state index contributed by atoms with van der Waals surface area (Å²) < 4.78 is 1.88. The maximum Gasteiger partial charge on any atom is 0.272 e. The summed E-state index contributed by atoms with van der Waals surface area (Å²) in [7, 11) is 0. The largest absolute Gasteiger partial charge is 0.342 e. The standard InChI is InChI=1S/C23H25N5O/c1-23(2,3)21(17-8-4-6-10-24-17)26-22(29)19-16-13-14-12-15(14)20(16)28(27-19)18-9-5-7-11-25-18/h4-11,14-15,21H,12-13H2,1-3H3,(H,26,29)/t14-,15-,21+/m0/s1. The van der Waals surface area contributed by atoms with Gasteiger partial charge in [0.2, 0.25) is 0 Å². The minimum atomic E-state index is -0.206. The Balaban J connectivity index is 1.51. The molecule has 2 aliphatic carbocycles. The first-order valence-electron chi connectivity index (χ1n) is 10.2. The van der Waals surface area contributed by atoms with Crippen LogP contribution in [0.2, 0.25) is 0 Å². The molecule has 1 amide bonds. The fourth-order valence-electron chi connectivity index (χ4n) is 4.43. The van der Waals surface area contributed by atoms with Gasteiger partial charge in [-0.25, -0.2) is 9.67 Å². The van der Waals surface area contributed by atoms with E-state index in [0.29, 0.717) is 17.5 Å². The molecule has 3 heterocycles. The highest BCUT2D eigenvalue weighted by molar-refractivity contribution is 5.94. The molecule has 1 fully saturated rings. The quantitative estimate of drug-likeness (QED) is 0.738. The number of carbonyl (C=O) groups is 1. The number of hydrogen-bond acceptors (Lipinski definition) is 4. The predicted octanol–water partition coefficient (Wildman–Crippen LogP) is 3.84. The van der Waals surface area contributed by atoms with Crippen molar-refractivity contribution in [3.8, 4) is 5.82 Å². The number of pyridine rings is 2. The number of amides is 1. The molecule has 148 valence electrons. The monoisotopic (exact) mass is 387 g/mol. The molecule has 0 bridgehead atoms. The Hall–Kier alpha value is -3.02. The summed E-state index contributed by atoms with van der Waals surface area (Å²) in [5, 5.41) is 7.95. The Morgan fingerprint density at radius 2 is 1.90 bits per heavy atom. The van der Waals surface area contributed by atoms with Crippen LogP contribution in [-0.4, -0.2) is 25.7 Å². The van der Waals surface area contributed by atoms with E-state index in [2.05, 4.69) is 36.1 Å². The molecule has 29 heavy (non-hydrogen) atoms. The van der Waals surface area contributed by atoms with E-state index in [-0.39, 0.29) is 17.4 Å². The summed E-state index contributed by atoms with van der Waals surface area (Å²) in [6, 6.07) is 11.4. The maximum absolute atomic E-state index is 13.4. The molecule has 3 aromatic rings. The van der Waals surface area contributed by atoms with Gasteiger partial charge in [0.15, 0.2) is 11.5 Å². The third kappa shape index (κ3) is 3.12. The lowest BCUT2D eigenvalue weighted by molar-refractivity contribution is 0.0893. The topological polar surface area (TPSA) is 72.7 Å². The number of aromatic nitrogens is 4. The summed E-state index contributed by atoms with van der Waals surface area (Å²) in [5.74, 6) is 1.80. The summed E-state index contributed by atoms with van der Waals surface area (Å²) in [5.41, 5.74) is 3.46. The van der Waals surface area contributed by atoms with Gasteiger partial charge in [0.05, 0.1) is 17.4 Å². The molecule has 0 radical (unpaired) electrons. The Labute approximate surface area is 170 Å². The molecule has 0 aromatic carbocycles. The van der Waals surface area contributed by atoms with Gasteiger partial charge >= 0.3 is 0 Å². The third-order valence-electron chi connectivity index (χ3n) is 5.97. The highest BCUT2D eigenvalue weighted by Gasteiger charge is 2.50. The predicted molar refractivity (Wildman–Crippen MR) is 110 cm³/mol. The lowest BCUT2D eigenvalue weighted by Crippen LogP contribution is -2.37. The molecule has 0 saturated heterocycles. The highest BCUT2D eigenvalue weighted by Crippen LogP contribution is 2.57. The number of nitrogens with one attached hydrogen (secondary N) is 1. The van der Waals surface area contributed by atoms with E-state index in [4.69, 9.17) is 5.10 Å². The highest BCUT2D eigenvalue weighted by atomic mass is 16.2. The van der Waals surface area contributed by atoms with Crippen LogP contribution in [0.1, 0.15) is 66.6 Å². The van der Waals surface area contributed by atoms with Gasteiger partial charge in [0.25, 0.3) is 5.91 Å². The molecule has 3 atom stereocenters. The van der Waals surface area contributed by atoms with Crippen molar-refractivity contribution >= 4 is 5.91 Å². The average molecular weight is 387 g/mol. The third-order valence-corrected chi connectivity index (χ3v) is 5.97. The zero-order valence-corrected chi connectivity index (χ0v) is 17.0. The number of fused-ring (bicyclic) bond motifs is 3. The van der Waals surface area contributed by atoms with E-state index in [1.165, 1.54) is 12.1 Å². The van der Waals surface area contributed by atoms with Crippen LogP contribution in [0.5, 0.6) is 0 Å². The van der Waals surface area contributed by atoms with Crippen LogP contribution in [-0.2, 0) is 6.42 Å². The molecule has 2 aliphatic rings. The van der Waals surface area contributed by atoms with Gasteiger partial charge in [0, 0.05) is 23.9 Å². The number of rotatable bonds is 4. The first kappa shape index (κ1) is 18.0. The smallest absolute Gasteiger partial charge is 0.272 e. The first-order valence-corrected chi connectivity index (χ1v) is 10.2. The molecule has 3 aromatic heterocycles. The van der Waals surface area contributed by atoms with Crippen LogP contribution in [0.4, 0.5) is 0 Å². The molecule has 1 N–H and O–H groups in total. The number of carbonyl (C=O) groups excluding carboxylic acids is 1. The lowest BCUT2D eigenvalue weighted by atomic mass is 9.84. The van der Waals surface area contributed by atoms with Crippen LogP contribution < -0.4 is 5.32 Å². The number of nitrogens with zero attached hydrogens (tertiary/aromatic N) is 4. The zero-order chi connectivity index (χ0) is 20.2. The van der Waals surface area contributed by atoms with E-state index in [1.54, 1.807) is 12.4 Å². The van der Waals surface area contributed by atoms with Gasteiger partial charge in [-0.05, 0) is 48.4 Å². The van der Waals surface area contributed by atoms with Crippen molar-refractivity contribution in [1.29, 1.82) is 0 Å². The Kier molecular flexibility index (Phi) is 4.05. The Bertz CT molecular complexity index is 1050. The van der Waals surface area contributed by atoms with E-state index in [9.17, 15) is 4.79 Å². The van der Waals surface area contributed by atoms with Crippen molar-refractivity contribution in [2.75, 3.05) is 0 Å². The van der Waals surface area contributed by atoms with E-state index in [0.717, 1.165) is 23.5 Å². The molecule has 0 spiro atoms. The van der Waals surface area contributed by atoms with Gasteiger partial charge < -0.3 is 5.32 Å². The van der Waals surface area contributed by atoms with Crippen LogP contribution >= 0.6 is 0 Å². The van der Waals surface area contributed by atoms with Crippen molar-refractivity contribution in [2.45, 2.75) is 45.6 Å². The van der Waals surface area contributed by atoms with Gasteiger partial charge in [0.1, 0.15) is 0 Å². The fourth-order valence-corrected chi connectivity index (χ4v) is 4.43. The molecule has 0 aliphatic heterocycles. The van der Waals surface area contributed by atoms with Crippen LogP contribution in [0, 0.1) is 11.3 Å². The first-order chi connectivity index (χ1) is 13.9. The summed E-state index contributed by atoms with van der Waals surface area (Å²) in [4.78, 5) is 22.3. The van der Waals surface area contributed by atoms with E-state index >= 15 is 0 Å². The van der Waals surface area contributed by atoms with Gasteiger partial charge in [-0.1, -0.05) is 32.9 Å². The van der Waals surface area contributed by atoms with Crippen molar-refractivity contribution in [3.05, 3.63) is 71.4 Å². The SMILES string of the molecule is CC(C)(C)[C@H](NC(=O)c1nn(-c2ccccn2)c2c1C[C@@H]1C[C@H]21)c1ccccn1. The molecule has 6 nitrogen and oxygen atoms in total. The van der Waals surface area contributed by atoms with E-state index < -0.39 is 0 Å². The van der Waals surface area contributed by atoms with Crippen LogP contribution in [0.15, 0.2) is 48.8 Å². The van der Waals surface area contributed by atoms with Crippen LogP contribution in [0.25, 0.3) is 5.82 Å². The Morgan fingerprint density at radius 3 is 2.55 bits per heavy atom. The molecular formula is C23H25N5O. The van der Waals surface area contributed by atoms with Gasteiger partial charge in [-0.2, -0.15) is 5.10 Å². The fraction of sp³-hybridized carbons (Fsp3) is 0.391. The summed E-state index contributed by atoms with van der Waals surface area (Å²) in [6.45, 7) is 6.33. The second-order valence-corrected chi connectivity index (χ2v) is 9.15.